The Kier molecular flexibility index (Phi) is 3.87. The minimum Gasteiger partial charge on any atom is -0.335 e. The van der Waals surface area contributed by atoms with Gasteiger partial charge in [0, 0.05) is 25.5 Å². The molecule has 0 aliphatic carbocycles. The van der Waals surface area contributed by atoms with Crippen LogP contribution in [0.1, 0.15) is 0 Å². The lowest BCUT2D eigenvalue weighted by atomic mass is 10.3. The lowest BCUT2D eigenvalue weighted by Crippen LogP contribution is -2.07. The van der Waals surface area contributed by atoms with Crippen LogP contribution in [-0.2, 0) is 6.54 Å². The van der Waals surface area contributed by atoms with Crippen molar-refractivity contribution in [3.63, 3.8) is 0 Å². The van der Waals surface area contributed by atoms with Crippen molar-refractivity contribution in [3.8, 4) is 23.1 Å². The zero-order valence-electron chi connectivity index (χ0n) is 10.7. The van der Waals surface area contributed by atoms with Crippen molar-refractivity contribution in [2.45, 2.75) is 6.54 Å². The minimum absolute atomic E-state index is 0.278. The molecule has 3 rings (SSSR count). The first kappa shape index (κ1) is 14.0. The Bertz CT molecular complexity index is 769. The SMILES string of the molecule is NCCn1cnc(-c2nc(-c3ncc(Cl)cc3Cl)no2)c1. The van der Waals surface area contributed by atoms with Crippen molar-refractivity contribution >= 4 is 23.2 Å². The Morgan fingerprint density at radius 1 is 1.29 bits per heavy atom. The van der Waals surface area contributed by atoms with Gasteiger partial charge in [0.1, 0.15) is 11.4 Å². The van der Waals surface area contributed by atoms with Gasteiger partial charge in [-0.2, -0.15) is 4.98 Å². The summed E-state index contributed by atoms with van der Waals surface area (Å²) in [6.45, 7) is 1.19. The van der Waals surface area contributed by atoms with Crippen LogP contribution in [0.3, 0.4) is 0 Å². The summed E-state index contributed by atoms with van der Waals surface area (Å²) in [4.78, 5) is 12.5. The van der Waals surface area contributed by atoms with Gasteiger partial charge in [0.15, 0.2) is 0 Å². The number of rotatable bonds is 4. The van der Waals surface area contributed by atoms with Crippen LogP contribution in [0.4, 0.5) is 0 Å². The first-order valence-corrected chi connectivity index (χ1v) is 6.80. The second kappa shape index (κ2) is 5.80. The predicted octanol–water partition coefficient (Wildman–Crippen LogP) is 2.26. The van der Waals surface area contributed by atoms with Crippen molar-refractivity contribution in [2.75, 3.05) is 6.54 Å². The van der Waals surface area contributed by atoms with E-state index in [4.69, 9.17) is 33.5 Å². The normalized spacial score (nSPS) is 11.0. The first-order valence-electron chi connectivity index (χ1n) is 6.04. The summed E-state index contributed by atoms with van der Waals surface area (Å²) in [5, 5.41) is 4.65. The zero-order valence-corrected chi connectivity index (χ0v) is 12.2. The van der Waals surface area contributed by atoms with Crippen LogP contribution in [0.2, 0.25) is 10.0 Å². The van der Waals surface area contributed by atoms with Crippen LogP contribution in [0.5, 0.6) is 0 Å². The summed E-state index contributed by atoms with van der Waals surface area (Å²) in [6.07, 6.45) is 4.90. The molecule has 0 fully saturated rings. The maximum Gasteiger partial charge on any atom is 0.278 e. The highest BCUT2D eigenvalue weighted by Crippen LogP contribution is 2.27. The average Bonchev–Trinajstić information content (AvgIpc) is 3.08. The van der Waals surface area contributed by atoms with Crippen molar-refractivity contribution in [2.24, 2.45) is 5.73 Å². The van der Waals surface area contributed by atoms with Crippen molar-refractivity contribution in [1.82, 2.24) is 24.7 Å². The van der Waals surface area contributed by atoms with Crippen LogP contribution >= 0.6 is 23.2 Å². The quantitative estimate of drug-likeness (QED) is 0.790. The fourth-order valence-electron chi connectivity index (χ4n) is 1.74. The summed E-state index contributed by atoms with van der Waals surface area (Å²) < 4.78 is 7.02. The van der Waals surface area contributed by atoms with E-state index in [1.807, 2.05) is 4.57 Å². The van der Waals surface area contributed by atoms with Crippen molar-refractivity contribution in [3.05, 3.63) is 34.8 Å². The van der Waals surface area contributed by atoms with Gasteiger partial charge in [-0.15, -0.1) is 0 Å². The highest BCUT2D eigenvalue weighted by Gasteiger charge is 2.16. The van der Waals surface area contributed by atoms with Gasteiger partial charge < -0.3 is 14.8 Å². The number of aromatic nitrogens is 5. The Hall–Kier alpha value is -1.96. The third kappa shape index (κ3) is 2.90. The molecule has 9 heteroatoms. The molecule has 108 valence electrons. The Balaban J connectivity index is 1.91. The van der Waals surface area contributed by atoms with E-state index in [-0.39, 0.29) is 11.7 Å². The molecular weight excluding hydrogens is 315 g/mol. The minimum atomic E-state index is 0.278. The van der Waals surface area contributed by atoms with Gasteiger partial charge >= 0.3 is 0 Å². The van der Waals surface area contributed by atoms with Crippen LogP contribution in [0.15, 0.2) is 29.3 Å². The second-order valence-corrected chi connectivity index (χ2v) is 5.04. The summed E-state index contributed by atoms with van der Waals surface area (Å²) in [5.41, 5.74) is 6.45. The number of hydrogen-bond donors (Lipinski definition) is 1. The molecule has 3 aromatic rings. The molecule has 0 spiro atoms. The molecular formula is C12H10Cl2N6O. The largest absolute Gasteiger partial charge is 0.335 e. The van der Waals surface area contributed by atoms with E-state index in [0.29, 0.717) is 34.5 Å². The monoisotopic (exact) mass is 324 g/mol. The smallest absolute Gasteiger partial charge is 0.278 e. The molecule has 0 radical (unpaired) electrons. The Labute approximate surface area is 129 Å². The molecule has 0 aliphatic heterocycles. The molecule has 0 aliphatic rings. The van der Waals surface area contributed by atoms with Gasteiger partial charge in [0.05, 0.1) is 16.4 Å². The fraction of sp³-hybridized carbons (Fsp3) is 0.167. The van der Waals surface area contributed by atoms with Gasteiger partial charge in [-0.3, -0.25) is 0 Å². The van der Waals surface area contributed by atoms with Gasteiger partial charge in [0.2, 0.25) is 5.82 Å². The molecule has 0 saturated carbocycles. The standard InChI is InChI=1S/C12H10Cl2N6O/c13-7-3-8(14)10(16-4-7)11-18-12(21-19-11)9-5-20(2-1-15)6-17-9/h3-6H,1-2,15H2. The molecule has 3 heterocycles. The maximum absolute atomic E-state index is 6.06. The van der Waals surface area contributed by atoms with E-state index in [1.165, 1.54) is 6.20 Å². The predicted molar refractivity (Wildman–Crippen MR) is 77.8 cm³/mol. The van der Waals surface area contributed by atoms with E-state index in [1.54, 1.807) is 18.6 Å². The van der Waals surface area contributed by atoms with Crippen LogP contribution < -0.4 is 5.73 Å². The molecule has 0 aromatic carbocycles. The molecule has 0 unspecified atom stereocenters. The number of imidazole rings is 1. The third-order valence-corrected chi connectivity index (χ3v) is 3.18. The number of nitrogens with two attached hydrogens (primary N) is 1. The van der Waals surface area contributed by atoms with Gasteiger partial charge in [-0.05, 0) is 6.07 Å². The summed E-state index contributed by atoms with van der Waals surface area (Å²) >= 11 is 11.9. The van der Waals surface area contributed by atoms with Crippen LogP contribution in [0, 0.1) is 0 Å². The summed E-state index contributed by atoms with van der Waals surface area (Å²) in [6, 6.07) is 1.57. The number of halogens is 2. The van der Waals surface area contributed by atoms with E-state index in [9.17, 15) is 0 Å². The highest BCUT2D eigenvalue weighted by atomic mass is 35.5. The lowest BCUT2D eigenvalue weighted by Gasteiger charge is -1.97. The van der Waals surface area contributed by atoms with Gasteiger partial charge in [-0.25, -0.2) is 9.97 Å². The summed E-state index contributed by atoms with van der Waals surface area (Å²) in [5.74, 6) is 0.564. The number of pyridine rings is 1. The molecule has 3 aromatic heterocycles. The van der Waals surface area contributed by atoms with Crippen molar-refractivity contribution < 1.29 is 4.52 Å². The molecule has 0 bridgehead atoms. The molecule has 0 saturated heterocycles. The molecule has 0 atom stereocenters. The van der Waals surface area contributed by atoms with Crippen LogP contribution in [-0.4, -0.2) is 31.2 Å². The topological polar surface area (TPSA) is 95.7 Å². The molecule has 0 amide bonds. The Morgan fingerprint density at radius 2 is 2.14 bits per heavy atom. The average molecular weight is 325 g/mol. The number of hydrogen-bond acceptors (Lipinski definition) is 6. The van der Waals surface area contributed by atoms with E-state index >= 15 is 0 Å². The Morgan fingerprint density at radius 3 is 2.90 bits per heavy atom. The third-order valence-electron chi connectivity index (χ3n) is 2.69. The first-order chi connectivity index (χ1) is 10.2. The second-order valence-electron chi connectivity index (χ2n) is 4.19. The van der Waals surface area contributed by atoms with E-state index in [0.717, 1.165) is 0 Å². The molecule has 2 N–H and O–H groups in total. The summed E-state index contributed by atoms with van der Waals surface area (Å²) in [7, 11) is 0. The molecule has 21 heavy (non-hydrogen) atoms. The van der Waals surface area contributed by atoms with Gasteiger partial charge in [0.25, 0.3) is 5.89 Å². The van der Waals surface area contributed by atoms with Crippen molar-refractivity contribution in [1.29, 1.82) is 0 Å². The van der Waals surface area contributed by atoms with E-state index < -0.39 is 0 Å². The van der Waals surface area contributed by atoms with Crippen LogP contribution in [0.25, 0.3) is 23.1 Å². The molecule has 7 nitrogen and oxygen atoms in total. The number of nitrogens with zero attached hydrogens (tertiary/aromatic N) is 5. The van der Waals surface area contributed by atoms with E-state index in [2.05, 4.69) is 20.1 Å². The van der Waals surface area contributed by atoms with Gasteiger partial charge in [-0.1, -0.05) is 28.4 Å². The maximum atomic E-state index is 6.06. The fourth-order valence-corrected chi connectivity index (χ4v) is 2.21. The lowest BCUT2D eigenvalue weighted by molar-refractivity contribution is 0.431. The highest BCUT2D eigenvalue weighted by molar-refractivity contribution is 6.35. The zero-order chi connectivity index (χ0) is 14.8.